The van der Waals surface area contributed by atoms with Crippen LogP contribution in [-0.2, 0) is 11.3 Å². The first kappa shape index (κ1) is 18.4. The van der Waals surface area contributed by atoms with Gasteiger partial charge in [-0.15, -0.1) is 12.4 Å². The van der Waals surface area contributed by atoms with Gasteiger partial charge < -0.3 is 10.5 Å². The fourth-order valence-electron chi connectivity index (χ4n) is 2.71. The first-order valence-electron chi connectivity index (χ1n) is 7.25. The summed E-state index contributed by atoms with van der Waals surface area (Å²) < 4.78 is 5.88. The van der Waals surface area contributed by atoms with Crippen molar-refractivity contribution in [2.75, 3.05) is 25.4 Å². The zero-order chi connectivity index (χ0) is 15.5. The van der Waals surface area contributed by atoms with Crippen LogP contribution in [0.25, 0.3) is 0 Å². The summed E-state index contributed by atoms with van der Waals surface area (Å²) in [5, 5.41) is 1.13. The van der Waals surface area contributed by atoms with Crippen molar-refractivity contribution in [1.29, 1.82) is 0 Å². The zero-order valence-corrected chi connectivity index (χ0v) is 14.9. The predicted molar refractivity (Wildman–Crippen MR) is 98.5 cm³/mol. The second-order valence-corrected chi connectivity index (χ2v) is 6.33. The summed E-state index contributed by atoms with van der Waals surface area (Å²) in [6.07, 6.45) is 0.0181. The van der Waals surface area contributed by atoms with Gasteiger partial charge in [-0.05, 0) is 35.4 Å². The minimum Gasteiger partial charge on any atom is -0.399 e. The minimum atomic E-state index is 0. The quantitative estimate of drug-likeness (QED) is 0.801. The van der Waals surface area contributed by atoms with Crippen molar-refractivity contribution in [1.82, 2.24) is 4.90 Å². The summed E-state index contributed by atoms with van der Waals surface area (Å²) >= 11 is 12.1. The van der Waals surface area contributed by atoms with Crippen LogP contribution in [0.15, 0.2) is 42.5 Å². The number of benzene rings is 2. The fourth-order valence-corrected chi connectivity index (χ4v) is 3.02. The van der Waals surface area contributed by atoms with E-state index in [-0.39, 0.29) is 18.5 Å². The molecule has 0 saturated carbocycles. The van der Waals surface area contributed by atoms with Crippen LogP contribution in [0, 0.1) is 0 Å². The first-order chi connectivity index (χ1) is 10.6. The molecule has 1 atom stereocenters. The summed E-state index contributed by atoms with van der Waals surface area (Å²) in [6.45, 7) is 3.30. The van der Waals surface area contributed by atoms with Gasteiger partial charge in [-0.2, -0.15) is 0 Å². The Bertz CT molecular complexity index is 666. The Labute approximate surface area is 152 Å². The molecule has 124 valence electrons. The highest BCUT2D eigenvalue weighted by Crippen LogP contribution is 2.29. The molecule has 6 heteroatoms. The highest BCUT2D eigenvalue weighted by molar-refractivity contribution is 6.42. The van der Waals surface area contributed by atoms with Gasteiger partial charge >= 0.3 is 0 Å². The van der Waals surface area contributed by atoms with E-state index in [1.54, 1.807) is 0 Å². The minimum absolute atomic E-state index is 0. The van der Waals surface area contributed by atoms with E-state index in [0.29, 0.717) is 16.7 Å². The molecular weight excluding hydrogens is 355 g/mol. The number of rotatable bonds is 3. The molecule has 1 heterocycles. The Morgan fingerprint density at radius 3 is 2.70 bits per heavy atom. The van der Waals surface area contributed by atoms with Gasteiger partial charge in [0.15, 0.2) is 0 Å². The van der Waals surface area contributed by atoms with E-state index in [1.165, 1.54) is 5.56 Å². The molecule has 0 aliphatic carbocycles. The van der Waals surface area contributed by atoms with Crippen LogP contribution in [-0.4, -0.2) is 24.6 Å². The number of hydrogen-bond donors (Lipinski definition) is 1. The van der Waals surface area contributed by atoms with E-state index >= 15 is 0 Å². The maximum atomic E-state index is 6.10. The monoisotopic (exact) mass is 372 g/mol. The molecule has 3 nitrogen and oxygen atoms in total. The molecule has 1 saturated heterocycles. The molecule has 23 heavy (non-hydrogen) atoms. The van der Waals surface area contributed by atoms with Crippen LogP contribution >= 0.6 is 35.6 Å². The van der Waals surface area contributed by atoms with E-state index in [0.717, 1.165) is 30.9 Å². The maximum absolute atomic E-state index is 6.10. The van der Waals surface area contributed by atoms with E-state index in [2.05, 4.69) is 11.0 Å². The number of nitrogens with two attached hydrogens (primary N) is 1. The van der Waals surface area contributed by atoms with E-state index in [1.807, 2.05) is 36.4 Å². The summed E-state index contributed by atoms with van der Waals surface area (Å²) in [5.74, 6) is 0. The Morgan fingerprint density at radius 2 is 1.96 bits per heavy atom. The van der Waals surface area contributed by atoms with Crippen molar-refractivity contribution in [3.63, 3.8) is 0 Å². The van der Waals surface area contributed by atoms with E-state index < -0.39 is 0 Å². The Balaban J connectivity index is 0.00000192. The second-order valence-electron chi connectivity index (χ2n) is 5.51. The van der Waals surface area contributed by atoms with Gasteiger partial charge in [0, 0.05) is 25.3 Å². The lowest BCUT2D eigenvalue weighted by Crippen LogP contribution is -2.37. The molecule has 1 unspecified atom stereocenters. The predicted octanol–water partition coefficient (Wildman–Crippen LogP) is 4.57. The molecule has 0 bridgehead atoms. The molecule has 1 aliphatic rings. The average molecular weight is 374 g/mol. The summed E-state index contributed by atoms with van der Waals surface area (Å²) in [6, 6.07) is 13.7. The Kier molecular flexibility index (Phi) is 6.57. The van der Waals surface area contributed by atoms with Crippen molar-refractivity contribution in [2.45, 2.75) is 12.6 Å². The van der Waals surface area contributed by atoms with Crippen molar-refractivity contribution >= 4 is 41.3 Å². The van der Waals surface area contributed by atoms with Crippen molar-refractivity contribution in [3.05, 3.63) is 63.6 Å². The molecule has 0 radical (unpaired) electrons. The lowest BCUT2D eigenvalue weighted by molar-refractivity contribution is -0.0329. The highest BCUT2D eigenvalue weighted by Gasteiger charge is 2.22. The number of nitrogen functional groups attached to an aromatic ring is 1. The van der Waals surface area contributed by atoms with E-state index in [9.17, 15) is 0 Å². The molecule has 0 spiro atoms. The van der Waals surface area contributed by atoms with Crippen LogP contribution < -0.4 is 5.73 Å². The molecule has 2 aromatic carbocycles. The summed E-state index contributed by atoms with van der Waals surface area (Å²) in [5.41, 5.74) is 8.92. The molecule has 2 N–H and O–H groups in total. The van der Waals surface area contributed by atoms with Crippen LogP contribution in [0.5, 0.6) is 0 Å². The van der Waals surface area contributed by atoms with Crippen molar-refractivity contribution in [2.24, 2.45) is 0 Å². The lowest BCUT2D eigenvalue weighted by atomic mass is 10.1. The normalized spacial score (nSPS) is 18.4. The molecule has 3 rings (SSSR count). The molecule has 0 amide bonds. The number of anilines is 1. The molecule has 1 aliphatic heterocycles. The first-order valence-corrected chi connectivity index (χ1v) is 8.01. The highest BCUT2D eigenvalue weighted by atomic mass is 35.5. The van der Waals surface area contributed by atoms with Gasteiger partial charge in [0.1, 0.15) is 0 Å². The second kappa shape index (κ2) is 8.22. The van der Waals surface area contributed by atoms with Crippen LogP contribution in [0.1, 0.15) is 17.2 Å². The Hall–Kier alpha value is -0.970. The molecule has 1 fully saturated rings. The summed E-state index contributed by atoms with van der Waals surface area (Å²) in [4.78, 5) is 2.37. The SMILES string of the molecule is Cl.Nc1cccc(CN2CCOC(c3ccc(Cl)c(Cl)c3)C2)c1. The average Bonchev–Trinajstić information content (AvgIpc) is 2.50. The maximum Gasteiger partial charge on any atom is 0.0953 e. The fraction of sp³-hybridized carbons (Fsp3) is 0.294. The van der Waals surface area contributed by atoms with E-state index in [4.69, 9.17) is 33.7 Å². The number of nitrogens with zero attached hydrogens (tertiary/aromatic N) is 1. The standard InChI is InChI=1S/C17H18Cl2N2O.ClH/c18-15-5-4-13(9-16(15)19)17-11-21(6-7-22-17)10-12-2-1-3-14(20)8-12;/h1-5,8-9,17H,6-7,10-11,20H2;1H. The molecule has 0 aromatic heterocycles. The topological polar surface area (TPSA) is 38.5 Å². The third-order valence-electron chi connectivity index (χ3n) is 3.82. The van der Waals surface area contributed by atoms with Gasteiger partial charge in [-0.25, -0.2) is 0 Å². The van der Waals surface area contributed by atoms with Gasteiger partial charge in [0.25, 0.3) is 0 Å². The summed E-state index contributed by atoms with van der Waals surface area (Å²) in [7, 11) is 0. The van der Waals surface area contributed by atoms with Crippen LogP contribution in [0.2, 0.25) is 10.0 Å². The smallest absolute Gasteiger partial charge is 0.0953 e. The molecular formula is C17H19Cl3N2O. The third kappa shape index (κ3) is 4.75. The van der Waals surface area contributed by atoms with Crippen molar-refractivity contribution in [3.8, 4) is 0 Å². The number of morpholine rings is 1. The Morgan fingerprint density at radius 1 is 1.13 bits per heavy atom. The van der Waals surface area contributed by atoms with Crippen molar-refractivity contribution < 1.29 is 4.74 Å². The number of ether oxygens (including phenoxy) is 1. The van der Waals surface area contributed by atoms with Gasteiger partial charge in [-0.3, -0.25) is 4.90 Å². The van der Waals surface area contributed by atoms with Crippen LogP contribution in [0.3, 0.4) is 0 Å². The largest absolute Gasteiger partial charge is 0.399 e. The number of halogens is 3. The van der Waals surface area contributed by atoms with Gasteiger partial charge in [0.2, 0.25) is 0 Å². The zero-order valence-electron chi connectivity index (χ0n) is 12.5. The van der Waals surface area contributed by atoms with Gasteiger partial charge in [-0.1, -0.05) is 41.4 Å². The van der Waals surface area contributed by atoms with Gasteiger partial charge in [0.05, 0.1) is 22.8 Å². The lowest BCUT2D eigenvalue weighted by Gasteiger charge is -2.33. The van der Waals surface area contributed by atoms with Crippen LogP contribution in [0.4, 0.5) is 5.69 Å². The molecule has 2 aromatic rings. The number of hydrogen-bond acceptors (Lipinski definition) is 3. The third-order valence-corrected chi connectivity index (χ3v) is 4.56.